The molecule has 1 heterocycles. The highest BCUT2D eigenvalue weighted by Gasteiger charge is 2.63. The number of fused-ring (bicyclic) bond motifs is 3. The zero-order chi connectivity index (χ0) is 29.3. The molecule has 1 aromatic carbocycles. The number of aliphatic hydroxyl groups excluding tert-OH is 2. The molecule has 3 aliphatic carbocycles. The van der Waals surface area contributed by atoms with Gasteiger partial charge in [0.1, 0.15) is 22.8 Å². The molecule has 1 fully saturated rings. The summed E-state index contributed by atoms with van der Waals surface area (Å²) in [6.07, 6.45) is 2.04. The first-order valence-corrected chi connectivity index (χ1v) is 13.5. The van der Waals surface area contributed by atoms with Crippen LogP contribution >= 0.6 is 0 Å². The van der Waals surface area contributed by atoms with E-state index in [0.29, 0.717) is 17.0 Å². The van der Waals surface area contributed by atoms with E-state index < -0.39 is 58.0 Å². The van der Waals surface area contributed by atoms with Gasteiger partial charge in [-0.1, -0.05) is 6.92 Å². The monoisotopic (exact) mass is 553 g/mol. The third-order valence-electron chi connectivity index (χ3n) is 9.15. The van der Waals surface area contributed by atoms with E-state index in [-0.39, 0.29) is 42.1 Å². The number of nitrogens with two attached hydrogens (primary N) is 1. The van der Waals surface area contributed by atoms with Crippen molar-refractivity contribution in [3.05, 3.63) is 51.5 Å². The SMILES string of the molecule is CC1CCN(CC(=O)c2ccc(O)c3c2C[C@H]2C[C@H]4[C@H](N(C)C)C(O)=C(C(N)=O)C(=O)[C@@]4(O)C(O)=C2C3=O)CC1. The van der Waals surface area contributed by atoms with Crippen molar-refractivity contribution in [1.29, 1.82) is 0 Å². The lowest BCUT2D eigenvalue weighted by molar-refractivity contribution is -0.148. The Kier molecular flexibility index (Phi) is 6.88. The van der Waals surface area contributed by atoms with Gasteiger partial charge in [0.15, 0.2) is 17.2 Å². The summed E-state index contributed by atoms with van der Waals surface area (Å²) in [7, 11) is 3.15. The zero-order valence-corrected chi connectivity index (χ0v) is 22.8. The molecule has 1 aromatic rings. The first kappa shape index (κ1) is 28.0. The second-order valence-electron chi connectivity index (χ2n) is 11.8. The third-order valence-corrected chi connectivity index (χ3v) is 9.15. The Balaban J connectivity index is 1.59. The molecule has 214 valence electrons. The van der Waals surface area contributed by atoms with Crippen molar-refractivity contribution in [2.24, 2.45) is 23.5 Å². The molecule has 1 aliphatic heterocycles. The van der Waals surface area contributed by atoms with Crippen LogP contribution in [0.15, 0.2) is 34.8 Å². The van der Waals surface area contributed by atoms with Crippen molar-refractivity contribution in [2.75, 3.05) is 33.7 Å². The van der Waals surface area contributed by atoms with Crippen LogP contribution in [0, 0.1) is 17.8 Å². The van der Waals surface area contributed by atoms with Gasteiger partial charge in [0, 0.05) is 17.1 Å². The van der Waals surface area contributed by atoms with Crippen molar-refractivity contribution in [1.82, 2.24) is 9.80 Å². The van der Waals surface area contributed by atoms with E-state index in [9.17, 15) is 39.6 Å². The quantitative estimate of drug-likeness (QED) is 0.261. The first-order valence-electron chi connectivity index (χ1n) is 13.5. The number of allylic oxidation sites excluding steroid dienone is 1. The van der Waals surface area contributed by atoms with Crippen LogP contribution in [0.4, 0.5) is 0 Å². The van der Waals surface area contributed by atoms with E-state index in [4.69, 9.17) is 5.73 Å². The summed E-state index contributed by atoms with van der Waals surface area (Å²) in [6, 6.07) is 1.70. The summed E-state index contributed by atoms with van der Waals surface area (Å²) in [5.41, 5.74) is 2.07. The maximum absolute atomic E-state index is 13.8. The summed E-state index contributed by atoms with van der Waals surface area (Å²) in [4.78, 5) is 56.3. The number of hydrogen-bond donors (Lipinski definition) is 5. The summed E-state index contributed by atoms with van der Waals surface area (Å²) in [5.74, 6) is -6.73. The Bertz CT molecular complexity index is 1390. The average Bonchev–Trinajstić information content (AvgIpc) is 2.87. The molecule has 6 N–H and O–H groups in total. The van der Waals surface area contributed by atoms with Gasteiger partial charge in [0.05, 0.1) is 18.2 Å². The highest BCUT2D eigenvalue weighted by atomic mass is 16.3. The number of primary amides is 1. The topological polar surface area (TPSA) is 182 Å². The number of aromatic hydroxyl groups is 1. The van der Waals surface area contributed by atoms with Crippen molar-refractivity contribution < 1.29 is 39.6 Å². The van der Waals surface area contributed by atoms with Gasteiger partial charge in [-0.3, -0.25) is 29.0 Å². The predicted molar refractivity (Wildman–Crippen MR) is 143 cm³/mol. The molecule has 11 heteroatoms. The summed E-state index contributed by atoms with van der Waals surface area (Å²) >= 11 is 0. The minimum Gasteiger partial charge on any atom is -0.510 e. The minimum absolute atomic E-state index is 0.0287. The molecule has 0 spiro atoms. The molecule has 4 atom stereocenters. The maximum atomic E-state index is 13.8. The third kappa shape index (κ3) is 4.06. The van der Waals surface area contributed by atoms with Crippen LogP contribution in [0.5, 0.6) is 5.75 Å². The van der Waals surface area contributed by atoms with Crippen molar-refractivity contribution >= 4 is 23.3 Å². The number of ketones is 3. The Hall–Kier alpha value is -3.54. The number of benzene rings is 1. The lowest BCUT2D eigenvalue weighted by Gasteiger charge is -2.50. The molecular weight excluding hydrogens is 518 g/mol. The molecule has 0 aromatic heterocycles. The summed E-state index contributed by atoms with van der Waals surface area (Å²) in [6.45, 7) is 3.93. The molecule has 1 amide bonds. The number of carbonyl (C=O) groups excluding carboxylic acids is 4. The standard InChI is InChI=1S/C29H35N3O8/c1-13-6-8-32(9-7-13)12-19(34)15-4-5-18(33)21-16(15)10-14-11-17-23(31(2)3)25(36)22(28(30)39)27(38)29(17,40)26(37)20(14)24(21)35/h4-5,13-14,17,23,33,36-37,40H,6-12H2,1-3H3,(H2,30,39)/t14-,17-,23-,29-/m0/s1. The van der Waals surface area contributed by atoms with Gasteiger partial charge in [-0.15, -0.1) is 0 Å². The van der Waals surface area contributed by atoms with E-state index in [2.05, 4.69) is 11.8 Å². The zero-order valence-electron chi connectivity index (χ0n) is 22.8. The van der Waals surface area contributed by atoms with Gasteiger partial charge in [-0.25, -0.2) is 0 Å². The van der Waals surface area contributed by atoms with Gasteiger partial charge < -0.3 is 26.2 Å². The van der Waals surface area contributed by atoms with Crippen LogP contribution in [-0.4, -0.2) is 98.9 Å². The number of phenolic OH excluding ortho intramolecular Hbond substituents is 1. The first-order chi connectivity index (χ1) is 18.8. The van der Waals surface area contributed by atoms with Crippen LogP contribution in [0.3, 0.4) is 0 Å². The fourth-order valence-corrected chi connectivity index (χ4v) is 7.02. The van der Waals surface area contributed by atoms with Crippen LogP contribution in [-0.2, 0) is 16.0 Å². The van der Waals surface area contributed by atoms with Crippen LogP contribution in [0.2, 0.25) is 0 Å². The van der Waals surface area contributed by atoms with E-state index in [1.807, 2.05) is 0 Å². The number of piperidine rings is 1. The Labute approximate surface area is 231 Å². The maximum Gasteiger partial charge on any atom is 0.255 e. The van der Waals surface area contributed by atoms with Crippen molar-refractivity contribution in [3.63, 3.8) is 0 Å². The predicted octanol–water partition coefficient (Wildman–Crippen LogP) is 1.04. The number of phenols is 1. The van der Waals surface area contributed by atoms with E-state index in [1.165, 1.54) is 17.0 Å². The largest absolute Gasteiger partial charge is 0.510 e. The number of rotatable bonds is 5. The highest BCUT2D eigenvalue weighted by Crippen LogP contribution is 2.52. The van der Waals surface area contributed by atoms with Crippen LogP contribution in [0.1, 0.15) is 52.5 Å². The molecule has 0 radical (unpaired) electrons. The molecule has 0 unspecified atom stereocenters. The number of amides is 1. The molecule has 1 saturated heterocycles. The molecule has 40 heavy (non-hydrogen) atoms. The molecular formula is C29H35N3O8. The van der Waals surface area contributed by atoms with Gasteiger partial charge in [-0.05, 0) is 82.4 Å². The molecule has 11 nitrogen and oxygen atoms in total. The number of carbonyl (C=O) groups is 4. The molecule has 0 saturated carbocycles. The normalized spacial score (nSPS) is 29.4. The average molecular weight is 554 g/mol. The molecule has 4 aliphatic rings. The number of nitrogens with zero attached hydrogens (tertiary/aromatic N) is 2. The summed E-state index contributed by atoms with van der Waals surface area (Å²) < 4.78 is 0. The number of hydrogen-bond acceptors (Lipinski definition) is 10. The highest BCUT2D eigenvalue weighted by molar-refractivity contribution is 6.25. The second-order valence-corrected chi connectivity index (χ2v) is 11.8. The minimum atomic E-state index is -2.70. The van der Waals surface area contributed by atoms with Gasteiger partial charge in [0.25, 0.3) is 5.91 Å². The smallest absolute Gasteiger partial charge is 0.255 e. The van der Waals surface area contributed by atoms with E-state index in [0.717, 1.165) is 25.9 Å². The van der Waals surface area contributed by atoms with Gasteiger partial charge >= 0.3 is 0 Å². The number of likely N-dealkylation sites (N-methyl/N-ethyl adjacent to an activating group) is 1. The number of Topliss-reactive ketones (excluding diaryl/α,β-unsaturated/α-hetero) is 3. The fourth-order valence-electron chi connectivity index (χ4n) is 7.02. The van der Waals surface area contributed by atoms with Crippen molar-refractivity contribution in [3.8, 4) is 5.75 Å². The van der Waals surface area contributed by atoms with Gasteiger partial charge in [-0.2, -0.15) is 0 Å². The fraction of sp³-hybridized carbons (Fsp3) is 0.517. The Morgan fingerprint density at radius 1 is 1.12 bits per heavy atom. The second kappa shape index (κ2) is 9.83. The Morgan fingerprint density at radius 3 is 2.38 bits per heavy atom. The molecule has 5 rings (SSSR count). The lowest BCUT2D eigenvalue weighted by Crippen LogP contribution is -2.63. The van der Waals surface area contributed by atoms with Crippen LogP contribution in [0.25, 0.3) is 0 Å². The van der Waals surface area contributed by atoms with E-state index in [1.54, 1.807) is 14.1 Å². The lowest BCUT2D eigenvalue weighted by atomic mass is 9.58. The number of aliphatic hydroxyl groups is 3. The van der Waals surface area contributed by atoms with Crippen LogP contribution < -0.4 is 5.73 Å². The Morgan fingerprint density at radius 2 is 1.77 bits per heavy atom. The van der Waals surface area contributed by atoms with E-state index >= 15 is 0 Å². The molecule has 0 bridgehead atoms. The number of likely N-dealkylation sites (tertiary alicyclic amines) is 1. The van der Waals surface area contributed by atoms with Gasteiger partial charge in [0.2, 0.25) is 5.78 Å². The summed E-state index contributed by atoms with van der Waals surface area (Å²) in [5, 5.41) is 44.6. The van der Waals surface area contributed by atoms with Crippen molar-refractivity contribution in [2.45, 2.75) is 44.2 Å².